The number of methoxy groups -OCH3 is 2. The summed E-state index contributed by atoms with van der Waals surface area (Å²) in [6, 6.07) is 12.8. The maximum Gasteiger partial charge on any atom is 0.407 e. The van der Waals surface area contributed by atoms with E-state index in [4.69, 9.17) is 28.4 Å². The highest BCUT2D eigenvalue weighted by Gasteiger charge is 2.33. The topological polar surface area (TPSA) is 281 Å². The minimum atomic E-state index is -0.957. The zero-order chi connectivity index (χ0) is 54.0. The van der Waals surface area contributed by atoms with Crippen LogP contribution in [0.2, 0.25) is 0 Å². The third-order valence-corrected chi connectivity index (χ3v) is 12.3. The highest BCUT2D eigenvalue weighted by atomic mass is 16.7. The van der Waals surface area contributed by atoms with Gasteiger partial charge in [-0.3, -0.25) is 29.0 Å². The second-order valence-electron chi connectivity index (χ2n) is 17.8. The second kappa shape index (κ2) is 27.5. The van der Waals surface area contributed by atoms with Crippen molar-refractivity contribution in [2.75, 3.05) is 70.9 Å². The van der Waals surface area contributed by atoms with Crippen LogP contribution in [0.4, 0.5) is 21.9 Å². The van der Waals surface area contributed by atoms with Gasteiger partial charge in [0.1, 0.15) is 24.0 Å². The lowest BCUT2D eigenvalue weighted by Crippen LogP contribution is -2.41. The third kappa shape index (κ3) is 15.9. The molecule has 0 aliphatic carbocycles. The van der Waals surface area contributed by atoms with Crippen molar-refractivity contribution in [2.45, 2.75) is 83.3 Å². The van der Waals surface area contributed by atoms with Crippen molar-refractivity contribution in [2.24, 2.45) is 19.1 Å². The summed E-state index contributed by atoms with van der Waals surface area (Å²) in [6.07, 6.45) is 6.21. The lowest BCUT2D eigenvalue weighted by molar-refractivity contribution is -0.181. The number of fused-ring (bicyclic) bond motifs is 2. The third-order valence-electron chi connectivity index (χ3n) is 12.3. The zero-order valence-electron chi connectivity index (χ0n) is 43.1. The number of hydrogen-bond acceptors (Lipinski definition) is 15. The number of aliphatic imine (C=N–C) groups is 1. The molecule has 2 unspecified atom stereocenters. The van der Waals surface area contributed by atoms with Crippen LogP contribution >= 0.6 is 0 Å². The van der Waals surface area contributed by atoms with Gasteiger partial charge >= 0.3 is 12.1 Å². The highest BCUT2D eigenvalue weighted by Crippen LogP contribution is 2.38. The maximum atomic E-state index is 13.3. The molecule has 2 aliphatic heterocycles. The summed E-state index contributed by atoms with van der Waals surface area (Å²) in [4.78, 5) is 95.6. The van der Waals surface area contributed by atoms with Crippen molar-refractivity contribution in [1.82, 2.24) is 30.0 Å². The van der Waals surface area contributed by atoms with E-state index in [1.807, 2.05) is 30.2 Å². The van der Waals surface area contributed by atoms with E-state index >= 15 is 0 Å². The quantitative estimate of drug-likeness (QED) is 0.0274. The van der Waals surface area contributed by atoms with E-state index in [2.05, 4.69) is 31.6 Å². The average Bonchev–Trinajstić information content (AvgIpc) is 4.12. The summed E-state index contributed by atoms with van der Waals surface area (Å²) >= 11 is 0. The molecule has 0 spiro atoms. The van der Waals surface area contributed by atoms with Crippen LogP contribution in [0, 0.1) is 0 Å². The van der Waals surface area contributed by atoms with E-state index in [1.165, 1.54) is 21.1 Å². The number of nitrogens with one attached hydrogen (secondary N) is 5. The largest absolute Gasteiger partial charge is 0.493 e. The molecule has 6 amide bonds. The number of nitrogens with zero attached hydrogens (tertiary/aromatic N) is 4. The number of anilines is 2. The van der Waals surface area contributed by atoms with Gasteiger partial charge in [0, 0.05) is 89.6 Å². The Morgan fingerprint density at radius 3 is 2.31 bits per heavy atom. The van der Waals surface area contributed by atoms with Gasteiger partial charge in [0.05, 0.1) is 56.0 Å². The van der Waals surface area contributed by atoms with Crippen LogP contribution < -0.4 is 36.1 Å². The molecular formula is C52H67N9O14. The number of aliphatic hydroxyl groups is 1. The van der Waals surface area contributed by atoms with E-state index in [0.717, 1.165) is 24.0 Å². The van der Waals surface area contributed by atoms with Crippen LogP contribution in [0.3, 0.4) is 0 Å². The van der Waals surface area contributed by atoms with Crippen molar-refractivity contribution in [3.05, 3.63) is 77.9 Å². The molecule has 23 heteroatoms. The molecule has 0 radical (unpaired) electrons. The minimum Gasteiger partial charge on any atom is -0.493 e. The normalized spacial score (nSPS) is 14.8. The predicted molar refractivity (Wildman–Crippen MR) is 275 cm³/mol. The monoisotopic (exact) mass is 1040 g/mol. The summed E-state index contributed by atoms with van der Waals surface area (Å²) < 4.78 is 35.7. The van der Waals surface area contributed by atoms with Gasteiger partial charge in [0.25, 0.3) is 17.7 Å². The van der Waals surface area contributed by atoms with Gasteiger partial charge in [-0.05, 0) is 74.9 Å². The van der Waals surface area contributed by atoms with Crippen molar-refractivity contribution in [3.63, 3.8) is 0 Å². The lowest BCUT2D eigenvalue weighted by Gasteiger charge is -2.21. The Labute approximate surface area is 434 Å². The molecule has 2 aromatic carbocycles. The molecule has 2 aromatic heterocycles. The van der Waals surface area contributed by atoms with Crippen LogP contribution in [0.15, 0.2) is 65.9 Å². The first-order valence-electron chi connectivity index (χ1n) is 24.8. The molecule has 2 aliphatic rings. The number of carbonyl (C=O) groups excluding carboxylic acids is 7. The molecule has 0 bridgehead atoms. The number of benzene rings is 2. The van der Waals surface area contributed by atoms with Crippen molar-refractivity contribution in [3.8, 4) is 22.6 Å². The molecule has 6 N–H and O–H groups in total. The van der Waals surface area contributed by atoms with E-state index in [-0.39, 0.29) is 82.0 Å². The highest BCUT2D eigenvalue weighted by molar-refractivity contribution is 6.05. The first-order chi connectivity index (χ1) is 36.1. The zero-order valence-corrected chi connectivity index (χ0v) is 43.1. The lowest BCUT2D eigenvalue weighted by atomic mass is 10.1. The molecule has 4 aromatic rings. The Morgan fingerprint density at radius 1 is 0.813 bits per heavy atom. The number of amides is 6. The molecule has 1 fully saturated rings. The second-order valence-corrected chi connectivity index (χ2v) is 17.8. The maximum absolute atomic E-state index is 13.3. The summed E-state index contributed by atoms with van der Waals surface area (Å²) in [6.45, 7) is 3.90. The van der Waals surface area contributed by atoms with Crippen LogP contribution in [0.5, 0.6) is 11.5 Å². The van der Waals surface area contributed by atoms with E-state index in [9.17, 15) is 38.7 Å². The smallest absolute Gasteiger partial charge is 0.407 e. The Balaban J connectivity index is 0.862. The van der Waals surface area contributed by atoms with Crippen LogP contribution in [0.1, 0.15) is 90.1 Å². The van der Waals surface area contributed by atoms with Crippen molar-refractivity contribution in [1.29, 1.82) is 0 Å². The van der Waals surface area contributed by atoms with Crippen molar-refractivity contribution >= 4 is 64.9 Å². The SMILES string of the molecule is CCC(CO)OC(COC(=O)NCCC(=O)N[C@@H](C)C(=O)OCCCNC(=O)c1cc(-c2ccc(NC(=O)c3cc(NC(=O)CCCOc4cc5c(cc4OC)C(=O)N4CCC[C@H]4C=N5)cn3C)cc2)cn1C)OC. The number of hydrogen-bond donors (Lipinski definition) is 6. The first kappa shape index (κ1) is 56.5. The number of ether oxygens (including phenoxy) is 6. The number of esters is 1. The van der Waals surface area contributed by atoms with Gasteiger partial charge in [0.2, 0.25) is 11.8 Å². The van der Waals surface area contributed by atoms with Gasteiger partial charge in [-0.2, -0.15) is 0 Å². The van der Waals surface area contributed by atoms with Crippen LogP contribution in [0.25, 0.3) is 11.1 Å². The molecular weight excluding hydrogens is 975 g/mol. The van der Waals surface area contributed by atoms with Gasteiger partial charge < -0.3 is 74.1 Å². The fourth-order valence-electron chi connectivity index (χ4n) is 8.16. The molecule has 404 valence electrons. The van der Waals surface area contributed by atoms with Crippen molar-refractivity contribution < 1.29 is 67.1 Å². The first-order valence-corrected chi connectivity index (χ1v) is 24.8. The molecule has 6 rings (SSSR count). The van der Waals surface area contributed by atoms with Crippen LogP contribution in [-0.4, -0.2) is 152 Å². The fourth-order valence-corrected chi connectivity index (χ4v) is 8.16. The number of rotatable bonds is 27. The minimum absolute atomic E-state index is 0.00665. The molecule has 75 heavy (non-hydrogen) atoms. The Kier molecular flexibility index (Phi) is 20.7. The summed E-state index contributed by atoms with van der Waals surface area (Å²) in [5.41, 5.74) is 4.25. The number of alkyl carbamates (subject to hydrolysis) is 1. The number of aryl methyl sites for hydroxylation is 2. The van der Waals surface area contributed by atoms with Gasteiger partial charge in [-0.25, -0.2) is 9.59 Å². The fraction of sp³-hybridized carbons (Fsp3) is 0.462. The predicted octanol–water partition coefficient (Wildman–Crippen LogP) is 4.45. The van der Waals surface area contributed by atoms with E-state index in [0.29, 0.717) is 71.3 Å². The van der Waals surface area contributed by atoms with Gasteiger partial charge in [-0.15, -0.1) is 0 Å². The van der Waals surface area contributed by atoms with Gasteiger partial charge in [0.15, 0.2) is 17.8 Å². The van der Waals surface area contributed by atoms with Gasteiger partial charge in [-0.1, -0.05) is 19.1 Å². The Morgan fingerprint density at radius 2 is 1.57 bits per heavy atom. The molecule has 1 saturated heterocycles. The summed E-state index contributed by atoms with van der Waals surface area (Å²) in [5, 5.41) is 22.8. The molecule has 4 heterocycles. The summed E-state index contributed by atoms with van der Waals surface area (Å²) in [7, 11) is 6.33. The van der Waals surface area contributed by atoms with Crippen LogP contribution in [-0.2, 0) is 47.4 Å². The average molecular weight is 1040 g/mol. The molecule has 4 atom stereocenters. The summed E-state index contributed by atoms with van der Waals surface area (Å²) in [5.74, 6) is -1.39. The van der Waals surface area contributed by atoms with E-state index in [1.54, 1.807) is 72.0 Å². The Hall–Kier alpha value is -7.76. The number of carbonyl (C=O) groups is 7. The Bertz CT molecular complexity index is 2680. The number of aliphatic hydroxyl groups excluding tert-OH is 1. The molecule has 23 nitrogen and oxygen atoms in total. The van der Waals surface area contributed by atoms with E-state index < -0.39 is 36.4 Å². The standard InChI is InChI=1S/C52H67N9O14/c1-7-38(30-62)75-47(71-6)31-74-52(69)54-19-17-46(64)56-32(2)51(68)73-22-10-18-53-48(65)41-23-34(28-59(41)3)33-13-15-35(16-14-33)58-49(66)42-24-36(29-60(42)4)57-45(63)12-9-21-72-44-26-40-39(25-43(44)70-5)50(67)61-20-8-11-37(61)27-55-40/h13-16,23-29,32,37-38,47,62H,7-12,17-22,30-31H2,1-6H3,(H,53,65)(H,54,69)(H,56,64)(H,57,63)(H,58,66)/t32-,37-,38?,47?/m0/s1. The molecule has 0 saturated carbocycles. The number of aromatic nitrogens is 2.